The summed E-state index contributed by atoms with van der Waals surface area (Å²) in [6.45, 7) is 3.48. The molecule has 2 N–H and O–H groups in total. The summed E-state index contributed by atoms with van der Waals surface area (Å²) in [7, 11) is 1.86. The molecule has 2 heterocycles. The van der Waals surface area contributed by atoms with Crippen LogP contribution >= 0.6 is 0 Å². The number of H-pyrrole nitrogens is 1. The van der Waals surface area contributed by atoms with Gasteiger partial charge in [-0.3, -0.25) is 10.3 Å². The van der Waals surface area contributed by atoms with Gasteiger partial charge in [-0.15, -0.1) is 0 Å². The van der Waals surface area contributed by atoms with E-state index < -0.39 is 0 Å². The second-order valence-electron chi connectivity index (χ2n) is 7.04. The Kier molecular flexibility index (Phi) is 4.18. The molecule has 2 atom stereocenters. The van der Waals surface area contributed by atoms with Crippen molar-refractivity contribution in [2.75, 3.05) is 20.4 Å². The average Bonchev–Trinajstić information content (AvgIpc) is 3.04. The van der Waals surface area contributed by atoms with Gasteiger partial charge in [-0.2, -0.15) is 0 Å². The van der Waals surface area contributed by atoms with Gasteiger partial charge in [0.05, 0.1) is 18.4 Å². The molecule has 6 heteroatoms. The Morgan fingerprint density at radius 2 is 2.33 bits per heavy atom. The Morgan fingerprint density at radius 1 is 1.46 bits per heavy atom. The fourth-order valence-electron chi connectivity index (χ4n) is 4.44. The molecule has 24 heavy (non-hydrogen) atoms. The molecule has 2 aromatic heterocycles. The first kappa shape index (κ1) is 15.8. The van der Waals surface area contributed by atoms with Crippen LogP contribution in [0.25, 0.3) is 11.2 Å². The van der Waals surface area contributed by atoms with Crippen LogP contribution in [0.15, 0.2) is 23.5 Å². The van der Waals surface area contributed by atoms with Gasteiger partial charge in [0.15, 0.2) is 5.65 Å². The summed E-state index contributed by atoms with van der Waals surface area (Å²) in [5.41, 5.74) is 3.35. The zero-order valence-corrected chi connectivity index (χ0v) is 14.6. The van der Waals surface area contributed by atoms with Crippen LogP contribution in [0.3, 0.4) is 0 Å². The van der Waals surface area contributed by atoms with Crippen LogP contribution in [0, 0.1) is 5.92 Å². The van der Waals surface area contributed by atoms with Gasteiger partial charge >= 0.3 is 0 Å². The number of hydrogen-bond acceptors (Lipinski definition) is 4. The molecule has 2 fully saturated rings. The third kappa shape index (κ3) is 2.58. The van der Waals surface area contributed by atoms with Gasteiger partial charge in [-0.1, -0.05) is 0 Å². The van der Waals surface area contributed by atoms with Crippen molar-refractivity contribution in [1.82, 2.24) is 19.9 Å². The van der Waals surface area contributed by atoms with E-state index in [0.29, 0.717) is 18.7 Å². The Labute approximate surface area is 142 Å². The van der Waals surface area contributed by atoms with Gasteiger partial charge in [-0.25, -0.2) is 4.98 Å². The number of nitrogens with one attached hydrogen (secondary N) is 2. The second-order valence-corrected chi connectivity index (χ2v) is 7.04. The number of hydrogen-bond donors (Lipinski definition) is 2. The molecule has 2 aliphatic rings. The van der Waals surface area contributed by atoms with Crippen LogP contribution < -0.4 is 10.8 Å². The summed E-state index contributed by atoms with van der Waals surface area (Å²) in [6, 6.07) is 2.71. The van der Waals surface area contributed by atoms with Crippen LogP contribution in [-0.4, -0.2) is 41.0 Å². The van der Waals surface area contributed by atoms with E-state index in [1.54, 1.807) is 0 Å². The van der Waals surface area contributed by atoms with Crippen molar-refractivity contribution in [1.29, 1.82) is 0 Å². The summed E-state index contributed by atoms with van der Waals surface area (Å²) in [6.07, 6.45) is 10.1. The second kappa shape index (κ2) is 6.33. The van der Waals surface area contributed by atoms with E-state index in [9.17, 15) is 0 Å². The summed E-state index contributed by atoms with van der Waals surface area (Å²) in [5.74, 6) is 0.697. The first-order chi connectivity index (χ1) is 11.8. The zero-order valence-electron chi connectivity index (χ0n) is 14.6. The van der Waals surface area contributed by atoms with Crippen molar-refractivity contribution in [2.45, 2.75) is 50.6 Å². The lowest BCUT2D eigenvalue weighted by Crippen LogP contribution is -2.37. The highest BCUT2D eigenvalue weighted by atomic mass is 16.5. The van der Waals surface area contributed by atoms with Gasteiger partial charge < -0.3 is 14.3 Å². The highest BCUT2D eigenvalue weighted by Crippen LogP contribution is 2.55. The topological polar surface area (TPSA) is 67.2 Å². The molecule has 130 valence electrons. The SMILES string of the molecule is CCOCN[C@H]1CC[C@@H](C2(n3c(=NC)cnc4[nH]ccc43)CC2)C1. The molecule has 0 bridgehead atoms. The van der Waals surface area contributed by atoms with E-state index >= 15 is 0 Å². The Hall–Kier alpha value is -1.66. The van der Waals surface area contributed by atoms with E-state index in [1.807, 2.05) is 26.4 Å². The molecule has 0 saturated heterocycles. The first-order valence-corrected chi connectivity index (χ1v) is 9.08. The van der Waals surface area contributed by atoms with E-state index in [2.05, 4.69) is 30.9 Å². The lowest BCUT2D eigenvalue weighted by molar-refractivity contribution is 0.119. The molecule has 0 spiro atoms. The summed E-state index contributed by atoms with van der Waals surface area (Å²) >= 11 is 0. The fraction of sp³-hybridized carbons (Fsp3) is 0.667. The van der Waals surface area contributed by atoms with E-state index in [-0.39, 0.29) is 5.54 Å². The highest BCUT2D eigenvalue weighted by molar-refractivity contribution is 5.71. The summed E-state index contributed by atoms with van der Waals surface area (Å²) in [4.78, 5) is 12.3. The fourth-order valence-corrected chi connectivity index (χ4v) is 4.44. The maximum Gasteiger partial charge on any atom is 0.154 e. The normalized spacial score (nSPS) is 26.3. The lowest BCUT2D eigenvalue weighted by atomic mass is 9.94. The van der Waals surface area contributed by atoms with Gasteiger partial charge in [-0.05, 0) is 51.0 Å². The molecule has 0 amide bonds. The monoisotopic (exact) mass is 329 g/mol. The molecule has 0 aliphatic heterocycles. The van der Waals surface area contributed by atoms with Crippen LogP contribution in [0.2, 0.25) is 0 Å². The maximum atomic E-state index is 5.46. The van der Waals surface area contributed by atoms with Crippen molar-refractivity contribution in [3.8, 4) is 0 Å². The average molecular weight is 329 g/mol. The van der Waals surface area contributed by atoms with Crippen molar-refractivity contribution < 1.29 is 4.74 Å². The number of rotatable bonds is 6. The van der Waals surface area contributed by atoms with Crippen LogP contribution in [0.5, 0.6) is 0 Å². The van der Waals surface area contributed by atoms with E-state index in [4.69, 9.17) is 4.74 Å². The molecule has 2 aliphatic carbocycles. The molecular weight excluding hydrogens is 302 g/mol. The van der Waals surface area contributed by atoms with Crippen LogP contribution in [0.4, 0.5) is 0 Å². The number of fused-ring (bicyclic) bond motifs is 1. The van der Waals surface area contributed by atoms with Gasteiger partial charge in [0.2, 0.25) is 0 Å². The molecule has 6 nitrogen and oxygen atoms in total. The molecule has 4 rings (SSSR count). The molecule has 0 aromatic carbocycles. The highest BCUT2D eigenvalue weighted by Gasteiger charge is 2.53. The molecule has 2 aromatic rings. The Morgan fingerprint density at radius 3 is 3.08 bits per heavy atom. The predicted octanol–water partition coefficient (Wildman–Crippen LogP) is 2.14. The summed E-state index contributed by atoms with van der Waals surface area (Å²) < 4.78 is 7.92. The zero-order chi connectivity index (χ0) is 16.6. The summed E-state index contributed by atoms with van der Waals surface area (Å²) in [5, 5.41) is 3.55. The van der Waals surface area contributed by atoms with E-state index in [0.717, 1.165) is 17.7 Å². The number of nitrogens with zero attached hydrogens (tertiary/aromatic N) is 3. The van der Waals surface area contributed by atoms with Crippen molar-refractivity contribution in [2.24, 2.45) is 10.9 Å². The molecule has 0 unspecified atom stereocenters. The largest absolute Gasteiger partial charge is 0.367 e. The van der Waals surface area contributed by atoms with Gasteiger partial charge in [0.1, 0.15) is 5.49 Å². The number of aromatic nitrogens is 3. The quantitative estimate of drug-likeness (QED) is 0.630. The molecule has 2 saturated carbocycles. The lowest BCUT2D eigenvalue weighted by Gasteiger charge is -2.27. The van der Waals surface area contributed by atoms with Gasteiger partial charge in [0.25, 0.3) is 0 Å². The number of ether oxygens (including phenoxy) is 1. The van der Waals surface area contributed by atoms with Crippen molar-refractivity contribution >= 4 is 11.2 Å². The van der Waals surface area contributed by atoms with Crippen molar-refractivity contribution in [3.63, 3.8) is 0 Å². The minimum atomic E-state index is 0.222. The van der Waals surface area contributed by atoms with E-state index in [1.165, 1.54) is 37.6 Å². The minimum absolute atomic E-state index is 0.222. The first-order valence-electron chi connectivity index (χ1n) is 9.08. The molecular formula is C18H27N5O. The molecule has 0 radical (unpaired) electrons. The standard InChI is InChI=1S/C18H27N5O/c1-3-24-12-22-14-5-4-13(10-14)18(7-8-18)23-15-6-9-20-17(15)21-11-16(23)19-2/h6,9,11,13-14,20,22H,3-5,7-8,10,12H2,1-2H3/t13-,14+/m1/s1. The maximum absolute atomic E-state index is 5.46. The predicted molar refractivity (Wildman–Crippen MR) is 93.5 cm³/mol. The smallest absolute Gasteiger partial charge is 0.154 e. The van der Waals surface area contributed by atoms with Crippen molar-refractivity contribution in [3.05, 3.63) is 23.9 Å². The van der Waals surface area contributed by atoms with Crippen LogP contribution in [0.1, 0.15) is 39.0 Å². The van der Waals surface area contributed by atoms with Crippen LogP contribution in [-0.2, 0) is 10.3 Å². The third-order valence-electron chi connectivity index (χ3n) is 5.79. The van der Waals surface area contributed by atoms with Gasteiger partial charge in [0, 0.05) is 31.4 Å². The number of aromatic amines is 1. The third-order valence-corrected chi connectivity index (χ3v) is 5.79. The Bertz CT molecular complexity index is 773. The Balaban J connectivity index is 1.62. The minimum Gasteiger partial charge on any atom is -0.367 e.